The van der Waals surface area contributed by atoms with E-state index in [1.807, 2.05) is 26.4 Å². The minimum Gasteiger partial charge on any atom is -0.383 e. The minimum atomic E-state index is 0.0110. The predicted molar refractivity (Wildman–Crippen MR) is 168 cm³/mol. The summed E-state index contributed by atoms with van der Waals surface area (Å²) in [5.74, 6) is 3.09. The van der Waals surface area contributed by atoms with Gasteiger partial charge in [-0.2, -0.15) is 15.1 Å². The first-order valence-electron chi connectivity index (χ1n) is 15.1. The largest absolute Gasteiger partial charge is 0.383 e. The van der Waals surface area contributed by atoms with Gasteiger partial charge in [-0.1, -0.05) is 0 Å². The standard InChI is InChI=1S/C28H44N12O5/c1-35-6-7-39(19-22(35)41)26-24-23(31-28(34-26)37(12-16-44-4)13-17-45-5)25(38-8-9-40-21(18-38)29-20-30-40)33-27(32-24)36(10-14-42-2)11-15-43-3/h20H,6-19H2,1-5H3. The summed E-state index contributed by atoms with van der Waals surface area (Å²) in [7, 11) is 8.48. The van der Waals surface area contributed by atoms with Gasteiger partial charge in [-0.25, -0.2) is 19.6 Å². The highest BCUT2D eigenvalue weighted by atomic mass is 16.5. The fraction of sp³-hybridized carbons (Fsp3) is 0.679. The number of amides is 1. The summed E-state index contributed by atoms with van der Waals surface area (Å²) in [6, 6.07) is 0. The maximum Gasteiger partial charge on any atom is 0.241 e. The molecule has 0 bridgehead atoms. The number of rotatable bonds is 16. The van der Waals surface area contributed by atoms with Gasteiger partial charge in [-0.3, -0.25) is 4.79 Å². The molecule has 2 aliphatic heterocycles. The Kier molecular flexibility index (Phi) is 11.1. The topological polar surface area (TPSA) is 152 Å². The van der Waals surface area contributed by atoms with Crippen molar-refractivity contribution in [3.8, 4) is 0 Å². The molecule has 45 heavy (non-hydrogen) atoms. The summed E-state index contributed by atoms with van der Waals surface area (Å²) >= 11 is 0. The van der Waals surface area contributed by atoms with E-state index in [1.165, 1.54) is 0 Å². The number of likely N-dealkylation sites (N-methyl/N-ethyl adjacent to an activating group) is 1. The number of carbonyl (C=O) groups excluding carboxylic acids is 1. The van der Waals surface area contributed by atoms with Crippen LogP contribution in [0.1, 0.15) is 5.82 Å². The van der Waals surface area contributed by atoms with Crippen molar-refractivity contribution < 1.29 is 23.7 Å². The van der Waals surface area contributed by atoms with E-state index in [-0.39, 0.29) is 12.5 Å². The lowest BCUT2D eigenvalue weighted by molar-refractivity contribution is -0.129. The maximum atomic E-state index is 12.9. The molecule has 1 fully saturated rings. The van der Waals surface area contributed by atoms with Crippen molar-refractivity contribution in [1.82, 2.24) is 39.6 Å². The van der Waals surface area contributed by atoms with Crippen molar-refractivity contribution in [3.63, 3.8) is 0 Å². The lowest BCUT2D eigenvalue weighted by atomic mass is 10.2. The Balaban J connectivity index is 1.71. The summed E-state index contributed by atoms with van der Waals surface area (Å²) < 4.78 is 23.6. The van der Waals surface area contributed by atoms with E-state index in [2.05, 4.69) is 15.0 Å². The fourth-order valence-corrected chi connectivity index (χ4v) is 5.30. The van der Waals surface area contributed by atoms with Gasteiger partial charge in [0.15, 0.2) is 11.6 Å². The Morgan fingerprint density at radius 3 is 1.67 bits per heavy atom. The molecule has 17 heteroatoms. The zero-order valence-electron chi connectivity index (χ0n) is 26.9. The second-order valence-corrected chi connectivity index (χ2v) is 10.9. The highest BCUT2D eigenvalue weighted by Crippen LogP contribution is 2.34. The molecular formula is C28H44N12O5. The third kappa shape index (κ3) is 7.49. The lowest BCUT2D eigenvalue weighted by Gasteiger charge is -2.34. The molecule has 2 aliphatic rings. The molecule has 0 N–H and O–H groups in total. The molecule has 0 aliphatic carbocycles. The highest BCUT2D eigenvalue weighted by Gasteiger charge is 2.30. The molecule has 0 radical (unpaired) electrons. The number of fused-ring (bicyclic) bond motifs is 2. The third-order valence-electron chi connectivity index (χ3n) is 7.98. The molecule has 0 unspecified atom stereocenters. The smallest absolute Gasteiger partial charge is 0.241 e. The van der Waals surface area contributed by atoms with E-state index < -0.39 is 0 Å². The number of hydrogen-bond acceptors (Lipinski definition) is 15. The Morgan fingerprint density at radius 1 is 0.689 bits per heavy atom. The van der Waals surface area contributed by atoms with Crippen LogP contribution in [0.15, 0.2) is 6.33 Å². The molecule has 3 aromatic heterocycles. The summed E-state index contributed by atoms with van der Waals surface area (Å²) in [6.45, 7) is 7.28. The van der Waals surface area contributed by atoms with Crippen LogP contribution in [0.5, 0.6) is 0 Å². The predicted octanol–water partition coefficient (Wildman–Crippen LogP) is -0.492. The third-order valence-corrected chi connectivity index (χ3v) is 7.98. The molecule has 0 atom stereocenters. The first-order chi connectivity index (χ1) is 22.0. The quantitative estimate of drug-likeness (QED) is 0.200. The Labute approximate surface area is 263 Å². The van der Waals surface area contributed by atoms with Gasteiger partial charge in [-0.15, -0.1) is 0 Å². The van der Waals surface area contributed by atoms with Gasteiger partial charge < -0.3 is 43.4 Å². The monoisotopic (exact) mass is 628 g/mol. The van der Waals surface area contributed by atoms with Crippen LogP contribution in [0.25, 0.3) is 11.0 Å². The average Bonchev–Trinajstić information content (AvgIpc) is 3.53. The molecule has 3 aromatic rings. The van der Waals surface area contributed by atoms with E-state index in [4.69, 9.17) is 38.9 Å². The van der Waals surface area contributed by atoms with Gasteiger partial charge >= 0.3 is 0 Å². The second-order valence-electron chi connectivity index (χ2n) is 10.9. The van der Waals surface area contributed by atoms with Crippen molar-refractivity contribution in [2.24, 2.45) is 0 Å². The number of ether oxygens (including phenoxy) is 4. The molecule has 0 aromatic carbocycles. The normalized spacial score (nSPS) is 15.2. The average molecular weight is 629 g/mol. The van der Waals surface area contributed by atoms with E-state index in [9.17, 15) is 4.79 Å². The Hall–Kier alpha value is -3.93. The summed E-state index contributed by atoms with van der Waals surface area (Å²) in [5, 5.41) is 4.35. The molecule has 17 nitrogen and oxygen atoms in total. The van der Waals surface area contributed by atoms with Crippen LogP contribution in [0, 0.1) is 0 Å². The molecule has 0 spiro atoms. The van der Waals surface area contributed by atoms with Crippen molar-refractivity contribution in [2.75, 3.05) is 134 Å². The number of anilines is 4. The van der Waals surface area contributed by atoms with Gasteiger partial charge in [0.05, 0.1) is 46.1 Å². The van der Waals surface area contributed by atoms with Gasteiger partial charge in [0.25, 0.3) is 0 Å². The SMILES string of the molecule is COCCN(CCOC)c1nc(N2CCn3ncnc3C2)c2nc(N(CCOC)CCOC)nc(N3CCN(C)C(=O)C3)c2n1. The van der Waals surface area contributed by atoms with Crippen LogP contribution in [-0.4, -0.2) is 160 Å². The number of nitrogens with zero attached hydrogens (tertiary/aromatic N) is 12. The Morgan fingerprint density at radius 2 is 1.18 bits per heavy atom. The van der Waals surface area contributed by atoms with Crippen LogP contribution in [0.4, 0.5) is 23.5 Å². The van der Waals surface area contributed by atoms with E-state index in [0.717, 1.165) is 5.82 Å². The molecule has 0 saturated carbocycles. The van der Waals surface area contributed by atoms with E-state index in [0.29, 0.717) is 120 Å². The van der Waals surface area contributed by atoms with Gasteiger partial charge in [0, 0.05) is 81.3 Å². The summed E-state index contributed by atoms with van der Waals surface area (Å²) in [6.07, 6.45) is 1.58. The first kappa shape index (κ1) is 32.5. The van der Waals surface area contributed by atoms with Crippen LogP contribution in [0.3, 0.4) is 0 Å². The van der Waals surface area contributed by atoms with Crippen molar-refractivity contribution in [2.45, 2.75) is 13.1 Å². The molecular weight excluding hydrogens is 584 g/mol. The van der Waals surface area contributed by atoms with Crippen LogP contribution >= 0.6 is 0 Å². The summed E-state index contributed by atoms with van der Waals surface area (Å²) in [4.78, 5) is 47.8. The number of aromatic nitrogens is 7. The van der Waals surface area contributed by atoms with Crippen LogP contribution < -0.4 is 19.6 Å². The van der Waals surface area contributed by atoms with Crippen molar-refractivity contribution >= 4 is 40.5 Å². The zero-order valence-corrected chi connectivity index (χ0v) is 26.9. The first-order valence-corrected chi connectivity index (χ1v) is 15.1. The molecule has 246 valence electrons. The number of carbonyl (C=O) groups is 1. The summed E-state index contributed by atoms with van der Waals surface area (Å²) in [5.41, 5.74) is 1.16. The van der Waals surface area contributed by atoms with E-state index >= 15 is 0 Å². The van der Waals surface area contributed by atoms with Gasteiger partial charge in [0.1, 0.15) is 23.2 Å². The van der Waals surface area contributed by atoms with Crippen molar-refractivity contribution in [3.05, 3.63) is 12.2 Å². The molecule has 5 heterocycles. The van der Waals surface area contributed by atoms with Crippen molar-refractivity contribution in [1.29, 1.82) is 0 Å². The van der Waals surface area contributed by atoms with Gasteiger partial charge in [-0.05, 0) is 0 Å². The zero-order chi connectivity index (χ0) is 31.8. The molecule has 1 saturated heterocycles. The second kappa shape index (κ2) is 15.4. The highest BCUT2D eigenvalue weighted by molar-refractivity contribution is 5.96. The van der Waals surface area contributed by atoms with Crippen LogP contribution in [0.2, 0.25) is 0 Å². The number of hydrogen-bond donors (Lipinski definition) is 0. The van der Waals surface area contributed by atoms with E-state index in [1.54, 1.807) is 39.7 Å². The minimum absolute atomic E-state index is 0.0110. The number of piperazine rings is 1. The van der Waals surface area contributed by atoms with Gasteiger partial charge in [0.2, 0.25) is 17.8 Å². The molecule has 1 amide bonds. The maximum absolute atomic E-state index is 12.9. The number of methoxy groups -OCH3 is 4. The van der Waals surface area contributed by atoms with Crippen LogP contribution in [-0.2, 0) is 36.8 Å². The lowest BCUT2D eigenvalue weighted by Crippen LogP contribution is -2.49. The molecule has 5 rings (SSSR count). The Bertz CT molecular complexity index is 1410. The fourth-order valence-electron chi connectivity index (χ4n) is 5.30.